The summed E-state index contributed by atoms with van der Waals surface area (Å²) in [5, 5.41) is 4.48. The van der Waals surface area contributed by atoms with Crippen LogP contribution >= 0.6 is 27.3 Å². The van der Waals surface area contributed by atoms with Crippen LogP contribution in [0.15, 0.2) is 64.5 Å². The van der Waals surface area contributed by atoms with Crippen molar-refractivity contribution in [2.45, 2.75) is 13.0 Å². The van der Waals surface area contributed by atoms with Crippen molar-refractivity contribution in [1.82, 2.24) is 4.98 Å². The Morgan fingerprint density at radius 1 is 0.952 bits per heavy atom. The van der Waals surface area contributed by atoms with Crippen LogP contribution in [0, 0.1) is 6.92 Å². The van der Waals surface area contributed by atoms with Crippen molar-refractivity contribution < 1.29 is 0 Å². The third-order valence-corrected chi connectivity index (χ3v) is 5.21. The molecule has 3 aromatic rings. The van der Waals surface area contributed by atoms with Crippen LogP contribution in [-0.4, -0.2) is 4.98 Å². The van der Waals surface area contributed by atoms with Gasteiger partial charge in [-0.2, -0.15) is 0 Å². The number of aryl methyl sites for hydroxylation is 1. The molecule has 0 unspecified atom stereocenters. The van der Waals surface area contributed by atoms with Crippen molar-refractivity contribution in [3.05, 3.63) is 81.3 Å². The average Bonchev–Trinajstić information content (AvgIpc) is 2.85. The standard InChI is InChI=1S/C17H15BrN2S/c1-12-16(18)21-17(19-12)20-15(13-8-4-2-5-9-13)14-10-6-3-7-11-14/h2-11,15H,1H3,(H,19,20). The Labute approximate surface area is 137 Å². The van der Waals surface area contributed by atoms with Gasteiger partial charge in [-0.1, -0.05) is 72.0 Å². The van der Waals surface area contributed by atoms with E-state index in [2.05, 4.69) is 74.8 Å². The maximum atomic E-state index is 4.56. The minimum Gasteiger partial charge on any atom is -0.351 e. The normalized spacial score (nSPS) is 10.8. The van der Waals surface area contributed by atoms with Crippen LogP contribution in [0.2, 0.25) is 0 Å². The van der Waals surface area contributed by atoms with Gasteiger partial charge >= 0.3 is 0 Å². The van der Waals surface area contributed by atoms with Gasteiger partial charge in [0, 0.05) is 0 Å². The summed E-state index contributed by atoms with van der Waals surface area (Å²) in [6.45, 7) is 2.01. The molecule has 0 saturated carbocycles. The molecule has 0 radical (unpaired) electrons. The number of nitrogens with zero attached hydrogens (tertiary/aromatic N) is 1. The lowest BCUT2D eigenvalue weighted by Gasteiger charge is -2.19. The third-order valence-electron chi connectivity index (χ3n) is 3.27. The Bertz CT molecular complexity index is 651. The van der Waals surface area contributed by atoms with E-state index in [4.69, 9.17) is 0 Å². The molecule has 3 rings (SSSR count). The molecule has 2 aromatic carbocycles. The van der Waals surface area contributed by atoms with Gasteiger partial charge in [-0.25, -0.2) is 4.98 Å². The summed E-state index contributed by atoms with van der Waals surface area (Å²) in [4.78, 5) is 4.56. The Hall–Kier alpha value is -1.65. The molecule has 0 spiro atoms. The lowest BCUT2D eigenvalue weighted by atomic mass is 9.99. The van der Waals surface area contributed by atoms with Crippen molar-refractivity contribution >= 4 is 32.4 Å². The van der Waals surface area contributed by atoms with Gasteiger partial charge in [0.05, 0.1) is 15.5 Å². The average molecular weight is 359 g/mol. The van der Waals surface area contributed by atoms with Crippen LogP contribution in [0.1, 0.15) is 22.9 Å². The predicted octanol–water partition coefficient (Wildman–Crippen LogP) is 5.42. The zero-order valence-corrected chi connectivity index (χ0v) is 14.0. The second-order valence-corrected chi connectivity index (χ2v) is 7.09. The molecule has 0 aliphatic carbocycles. The molecule has 1 N–H and O–H groups in total. The molecule has 0 bridgehead atoms. The Morgan fingerprint density at radius 2 is 1.48 bits per heavy atom. The maximum Gasteiger partial charge on any atom is 0.184 e. The summed E-state index contributed by atoms with van der Waals surface area (Å²) >= 11 is 5.16. The second-order valence-electron chi connectivity index (χ2n) is 4.78. The summed E-state index contributed by atoms with van der Waals surface area (Å²) < 4.78 is 1.07. The number of halogens is 1. The quantitative estimate of drug-likeness (QED) is 0.673. The van der Waals surface area contributed by atoms with E-state index in [9.17, 15) is 0 Å². The highest BCUT2D eigenvalue weighted by atomic mass is 79.9. The largest absolute Gasteiger partial charge is 0.351 e. The number of anilines is 1. The van der Waals surface area contributed by atoms with Gasteiger partial charge in [-0.05, 0) is 34.0 Å². The zero-order chi connectivity index (χ0) is 14.7. The topological polar surface area (TPSA) is 24.9 Å². The fourth-order valence-electron chi connectivity index (χ4n) is 2.21. The Balaban J connectivity index is 1.97. The molecule has 0 amide bonds. The molecule has 0 saturated heterocycles. The molecule has 1 aromatic heterocycles. The van der Waals surface area contributed by atoms with E-state index in [-0.39, 0.29) is 6.04 Å². The molecular weight excluding hydrogens is 344 g/mol. The van der Waals surface area contributed by atoms with Gasteiger partial charge in [-0.15, -0.1) is 0 Å². The first kappa shape index (κ1) is 14.3. The summed E-state index contributed by atoms with van der Waals surface area (Å²) in [5.74, 6) is 0. The SMILES string of the molecule is Cc1nc(NC(c2ccccc2)c2ccccc2)sc1Br. The van der Waals surface area contributed by atoms with Crippen LogP contribution in [0.4, 0.5) is 5.13 Å². The van der Waals surface area contributed by atoms with E-state index >= 15 is 0 Å². The first-order valence-corrected chi connectivity index (χ1v) is 8.34. The van der Waals surface area contributed by atoms with Gasteiger partial charge < -0.3 is 5.32 Å². The Morgan fingerprint density at radius 3 is 1.90 bits per heavy atom. The summed E-state index contributed by atoms with van der Waals surface area (Å²) in [6.07, 6.45) is 0. The molecule has 0 aliphatic heterocycles. The monoisotopic (exact) mass is 358 g/mol. The molecule has 0 fully saturated rings. The molecule has 21 heavy (non-hydrogen) atoms. The summed E-state index contributed by atoms with van der Waals surface area (Å²) in [5.41, 5.74) is 3.47. The van der Waals surface area contributed by atoms with Gasteiger partial charge in [0.15, 0.2) is 5.13 Å². The van der Waals surface area contributed by atoms with E-state index in [1.54, 1.807) is 11.3 Å². The van der Waals surface area contributed by atoms with Crippen LogP contribution in [0.25, 0.3) is 0 Å². The number of nitrogens with one attached hydrogen (secondary N) is 1. The molecule has 0 aliphatic rings. The van der Waals surface area contributed by atoms with Crippen molar-refractivity contribution in [1.29, 1.82) is 0 Å². The number of rotatable bonds is 4. The number of hydrogen-bond donors (Lipinski definition) is 1. The molecule has 1 heterocycles. The highest BCUT2D eigenvalue weighted by Crippen LogP contribution is 2.32. The van der Waals surface area contributed by atoms with E-state index in [0.29, 0.717) is 0 Å². The molecular formula is C17H15BrN2S. The van der Waals surface area contributed by atoms with Crippen molar-refractivity contribution in [2.24, 2.45) is 0 Å². The van der Waals surface area contributed by atoms with Gasteiger partial charge in [0.2, 0.25) is 0 Å². The molecule has 0 atom stereocenters. The fraction of sp³-hybridized carbons (Fsp3) is 0.118. The Kier molecular flexibility index (Phi) is 4.36. The van der Waals surface area contributed by atoms with Crippen molar-refractivity contribution in [2.75, 3.05) is 5.32 Å². The first-order valence-electron chi connectivity index (χ1n) is 6.73. The highest BCUT2D eigenvalue weighted by Gasteiger charge is 2.15. The van der Waals surface area contributed by atoms with Gasteiger partial charge in [0.1, 0.15) is 0 Å². The number of thiazole rings is 1. The lowest BCUT2D eigenvalue weighted by molar-refractivity contribution is 0.933. The number of aromatic nitrogens is 1. The maximum absolute atomic E-state index is 4.56. The van der Waals surface area contributed by atoms with Crippen LogP contribution < -0.4 is 5.32 Å². The molecule has 2 nitrogen and oxygen atoms in total. The first-order chi connectivity index (χ1) is 10.2. The van der Waals surface area contributed by atoms with Crippen LogP contribution in [-0.2, 0) is 0 Å². The van der Waals surface area contributed by atoms with Gasteiger partial charge in [-0.3, -0.25) is 0 Å². The number of benzene rings is 2. The van der Waals surface area contributed by atoms with Crippen molar-refractivity contribution in [3.63, 3.8) is 0 Å². The van der Waals surface area contributed by atoms with Crippen LogP contribution in [0.5, 0.6) is 0 Å². The van der Waals surface area contributed by atoms with E-state index < -0.39 is 0 Å². The van der Waals surface area contributed by atoms with E-state index in [0.717, 1.165) is 14.6 Å². The fourth-order valence-corrected chi connectivity index (χ4v) is 3.48. The number of hydrogen-bond acceptors (Lipinski definition) is 3. The second kappa shape index (κ2) is 6.41. The summed E-state index contributed by atoms with van der Waals surface area (Å²) in [7, 11) is 0. The van der Waals surface area contributed by atoms with Crippen molar-refractivity contribution in [3.8, 4) is 0 Å². The molecule has 4 heteroatoms. The minimum atomic E-state index is 0.102. The van der Waals surface area contributed by atoms with Gasteiger partial charge in [0.25, 0.3) is 0 Å². The van der Waals surface area contributed by atoms with E-state index in [1.807, 2.05) is 19.1 Å². The van der Waals surface area contributed by atoms with E-state index in [1.165, 1.54) is 11.1 Å². The zero-order valence-electron chi connectivity index (χ0n) is 11.6. The highest BCUT2D eigenvalue weighted by molar-refractivity contribution is 9.11. The third kappa shape index (κ3) is 3.34. The van der Waals surface area contributed by atoms with Crippen LogP contribution in [0.3, 0.4) is 0 Å². The molecule has 106 valence electrons. The summed E-state index contributed by atoms with van der Waals surface area (Å²) in [6, 6.07) is 21.0. The minimum absolute atomic E-state index is 0.102. The smallest absolute Gasteiger partial charge is 0.184 e. The predicted molar refractivity (Wildman–Crippen MR) is 92.9 cm³/mol. The lowest BCUT2D eigenvalue weighted by Crippen LogP contribution is -2.12.